The van der Waals surface area contributed by atoms with Crippen LogP contribution in [-0.2, 0) is 0 Å². The summed E-state index contributed by atoms with van der Waals surface area (Å²) in [4.78, 5) is 15.7. The fourth-order valence-corrected chi connectivity index (χ4v) is 2.62. The Morgan fingerprint density at radius 1 is 1.73 bits per heavy atom. The van der Waals surface area contributed by atoms with Crippen molar-refractivity contribution in [2.24, 2.45) is 5.92 Å². The molecule has 5 heteroatoms. The first-order valence-corrected chi connectivity index (χ1v) is 6.24. The van der Waals surface area contributed by atoms with Gasteiger partial charge in [0.25, 0.3) is 5.56 Å². The number of nitrogens with zero attached hydrogens (tertiary/aromatic N) is 2. The molecule has 0 amide bonds. The molecule has 0 bridgehead atoms. The second kappa shape index (κ2) is 4.26. The second-order valence-corrected chi connectivity index (χ2v) is 5.02. The summed E-state index contributed by atoms with van der Waals surface area (Å²) >= 11 is 8.98. The minimum Gasteiger partial charge on any atom is -0.307 e. The maximum absolute atomic E-state index is 11.8. The van der Waals surface area contributed by atoms with Crippen LogP contribution in [0.2, 0.25) is 5.15 Å². The summed E-state index contributed by atoms with van der Waals surface area (Å²) in [7, 11) is 0. The molecule has 1 heterocycles. The monoisotopic (exact) mass is 290 g/mol. The van der Waals surface area contributed by atoms with Crippen LogP contribution in [-0.4, -0.2) is 9.55 Å². The molecule has 1 saturated carbocycles. The van der Waals surface area contributed by atoms with Crippen LogP contribution in [0.15, 0.2) is 15.6 Å². The molecule has 1 aliphatic carbocycles. The predicted molar refractivity (Wildman–Crippen MR) is 63.3 cm³/mol. The summed E-state index contributed by atoms with van der Waals surface area (Å²) < 4.78 is 2.02. The van der Waals surface area contributed by atoms with Gasteiger partial charge in [0.1, 0.15) is 5.15 Å². The fraction of sp³-hybridized carbons (Fsp3) is 0.600. The van der Waals surface area contributed by atoms with Gasteiger partial charge in [-0.15, -0.1) is 0 Å². The van der Waals surface area contributed by atoms with Crippen LogP contribution in [0.3, 0.4) is 0 Å². The number of hydrogen-bond donors (Lipinski definition) is 0. The van der Waals surface area contributed by atoms with Crippen molar-refractivity contribution in [3.05, 3.63) is 26.3 Å². The Morgan fingerprint density at radius 3 is 2.93 bits per heavy atom. The van der Waals surface area contributed by atoms with E-state index in [1.54, 1.807) is 10.8 Å². The molecule has 0 aromatic carbocycles. The smallest absolute Gasteiger partial charge is 0.284 e. The van der Waals surface area contributed by atoms with Crippen molar-refractivity contribution in [3.63, 3.8) is 0 Å². The van der Waals surface area contributed by atoms with E-state index in [1.165, 1.54) is 12.8 Å². The molecule has 15 heavy (non-hydrogen) atoms. The van der Waals surface area contributed by atoms with Gasteiger partial charge >= 0.3 is 0 Å². The highest BCUT2D eigenvalue weighted by Crippen LogP contribution is 2.41. The molecule has 1 aliphatic rings. The third kappa shape index (κ3) is 2.26. The highest BCUT2D eigenvalue weighted by atomic mass is 79.9. The van der Waals surface area contributed by atoms with Gasteiger partial charge in [-0.1, -0.05) is 18.5 Å². The number of rotatable bonds is 3. The van der Waals surface area contributed by atoms with Crippen LogP contribution in [0.5, 0.6) is 0 Å². The van der Waals surface area contributed by atoms with Crippen LogP contribution in [0.1, 0.15) is 32.2 Å². The normalized spacial score (nSPS) is 17.8. The van der Waals surface area contributed by atoms with E-state index in [9.17, 15) is 4.79 Å². The van der Waals surface area contributed by atoms with Crippen molar-refractivity contribution < 1.29 is 0 Å². The Kier molecular flexibility index (Phi) is 3.16. The Balaban J connectivity index is 2.45. The second-order valence-electron chi connectivity index (χ2n) is 3.88. The van der Waals surface area contributed by atoms with Crippen molar-refractivity contribution >= 4 is 27.5 Å². The lowest BCUT2D eigenvalue weighted by molar-refractivity contribution is 0.417. The Labute approximate surface area is 102 Å². The van der Waals surface area contributed by atoms with E-state index < -0.39 is 0 Å². The molecule has 0 radical (unpaired) electrons. The standard InChI is InChI=1S/C10H12BrClN2O/c1-2-7(6-3-4-6)14-5-8(12)13-9(11)10(14)15/h5-7H,2-4H2,1H3/t7-/m1/s1. The van der Waals surface area contributed by atoms with Crippen molar-refractivity contribution in [3.8, 4) is 0 Å². The van der Waals surface area contributed by atoms with Crippen LogP contribution < -0.4 is 5.56 Å². The van der Waals surface area contributed by atoms with Gasteiger partial charge in [0.05, 0.1) is 0 Å². The van der Waals surface area contributed by atoms with Gasteiger partial charge in [0, 0.05) is 12.2 Å². The largest absolute Gasteiger partial charge is 0.307 e. The van der Waals surface area contributed by atoms with E-state index >= 15 is 0 Å². The van der Waals surface area contributed by atoms with Crippen molar-refractivity contribution in [2.45, 2.75) is 32.2 Å². The zero-order chi connectivity index (χ0) is 11.0. The van der Waals surface area contributed by atoms with Crippen molar-refractivity contribution in [1.29, 1.82) is 0 Å². The van der Waals surface area contributed by atoms with E-state index in [0.717, 1.165) is 6.42 Å². The van der Waals surface area contributed by atoms with Crippen molar-refractivity contribution in [2.75, 3.05) is 0 Å². The highest BCUT2D eigenvalue weighted by molar-refractivity contribution is 9.10. The average Bonchev–Trinajstić information content (AvgIpc) is 2.98. The molecule has 2 rings (SSSR count). The molecular weight excluding hydrogens is 279 g/mol. The minimum atomic E-state index is -0.0850. The molecule has 0 saturated heterocycles. The number of hydrogen-bond acceptors (Lipinski definition) is 2. The number of halogens is 2. The van der Waals surface area contributed by atoms with E-state index in [4.69, 9.17) is 11.6 Å². The lowest BCUT2D eigenvalue weighted by Gasteiger charge is -2.17. The summed E-state index contributed by atoms with van der Waals surface area (Å²) in [6.45, 7) is 2.09. The molecule has 0 N–H and O–H groups in total. The van der Waals surface area contributed by atoms with E-state index in [0.29, 0.717) is 15.7 Å². The highest BCUT2D eigenvalue weighted by Gasteiger charge is 2.32. The average molecular weight is 292 g/mol. The van der Waals surface area contributed by atoms with E-state index in [-0.39, 0.29) is 11.6 Å². The molecule has 1 atom stereocenters. The van der Waals surface area contributed by atoms with Crippen LogP contribution in [0.4, 0.5) is 0 Å². The predicted octanol–water partition coefficient (Wildman–Crippen LogP) is 3.02. The summed E-state index contributed by atoms with van der Waals surface area (Å²) in [6, 6.07) is 0.272. The van der Waals surface area contributed by atoms with Gasteiger partial charge in [-0.2, -0.15) is 0 Å². The lowest BCUT2D eigenvalue weighted by atomic mass is 10.1. The maximum atomic E-state index is 11.8. The number of aromatic nitrogens is 2. The first kappa shape index (κ1) is 11.1. The van der Waals surface area contributed by atoms with Gasteiger partial charge in [-0.25, -0.2) is 4.98 Å². The molecule has 1 fully saturated rings. The molecule has 3 nitrogen and oxygen atoms in total. The summed E-state index contributed by atoms with van der Waals surface area (Å²) in [5, 5.41) is 0.362. The third-order valence-electron chi connectivity index (χ3n) is 2.80. The fourth-order valence-electron chi connectivity index (χ4n) is 1.93. The van der Waals surface area contributed by atoms with Crippen molar-refractivity contribution in [1.82, 2.24) is 9.55 Å². The Morgan fingerprint density at radius 2 is 2.40 bits per heavy atom. The molecule has 0 aliphatic heterocycles. The van der Waals surface area contributed by atoms with E-state index in [2.05, 4.69) is 27.8 Å². The van der Waals surface area contributed by atoms with Crippen LogP contribution >= 0.6 is 27.5 Å². The summed E-state index contributed by atoms with van der Waals surface area (Å²) in [5.74, 6) is 0.637. The quantitative estimate of drug-likeness (QED) is 0.858. The van der Waals surface area contributed by atoms with Gasteiger partial charge in [0.2, 0.25) is 0 Å². The third-order valence-corrected chi connectivity index (χ3v) is 3.50. The van der Waals surface area contributed by atoms with Gasteiger partial charge in [-0.05, 0) is 41.1 Å². The summed E-state index contributed by atoms with van der Waals surface area (Å²) in [6.07, 6.45) is 5.02. The molecule has 82 valence electrons. The molecular formula is C10H12BrClN2O. The minimum absolute atomic E-state index is 0.0850. The molecule has 0 unspecified atom stereocenters. The van der Waals surface area contributed by atoms with Gasteiger partial charge in [-0.3, -0.25) is 4.79 Å². The van der Waals surface area contributed by atoms with Gasteiger partial charge in [0.15, 0.2) is 4.60 Å². The van der Waals surface area contributed by atoms with Crippen LogP contribution in [0, 0.1) is 5.92 Å². The topological polar surface area (TPSA) is 34.9 Å². The Hall–Kier alpha value is -0.350. The SMILES string of the molecule is CC[C@H](C1CC1)n1cc(Cl)nc(Br)c1=O. The molecule has 1 aromatic rings. The van der Waals surface area contributed by atoms with Gasteiger partial charge < -0.3 is 4.57 Å². The first-order valence-electron chi connectivity index (χ1n) is 5.07. The zero-order valence-electron chi connectivity index (χ0n) is 8.41. The zero-order valence-corrected chi connectivity index (χ0v) is 10.8. The first-order chi connectivity index (χ1) is 7.13. The molecule has 1 aromatic heterocycles. The Bertz CT molecular complexity index is 428. The van der Waals surface area contributed by atoms with E-state index in [1.807, 2.05) is 0 Å². The maximum Gasteiger partial charge on any atom is 0.284 e. The molecule has 0 spiro atoms. The lowest BCUT2D eigenvalue weighted by Crippen LogP contribution is -2.26. The summed E-state index contributed by atoms with van der Waals surface area (Å²) in [5.41, 5.74) is -0.0850. The van der Waals surface area contributed by atoms with Crippen LogP contribution in [0.25, 0.3) is 0 Å².